The summed E-state index contributed by atoms with van der Waals surface area (Å²) in [5.74, 6) is -0.143. The van der Waals surface area contributed by atoms with Crippen LogP contribution >= 0.6 is 0 Å². The van der Waals surface area contributed by atoms with Gasteiger partial charge in [-0.15, -0.1) is 0 Å². The lowest BCUT2D eigenvalue weighted by molar-refractivity contribution is -0.123. The number of nitrogens with one attached hydrogen (secondary N) is 1. The number of hydrogen-bond acceptors (Lipinski definition) is 5. The number of aryl methyl sites for hydroxylation is 1. The number of carbonyl (C=O) groups excluding carboxylic acids is 2. The number of aromatic nitrogens is 3. The second-order valence-electron chi connectivity index (χ2n) is 7.99. The summed E-state index contributed by atoms with van der Waals surface area (Å²) in [7, 11) is 0. The maximum Gasteiger partial charge on any atom is 0.290 e. The van der Waals surface area contributed by atoms with E-state index in [1.807, 2.05) is 42.1 Å². The molecule has 8 heteroatoms. The van der Waals surface area contributed by atoms with Gasteiger partial charge in [-0.25, -0.2) is 4.68 Å². The number of ketones is 1. The summed E-state index contributed by atoms with van der Waals surface area (Å²) in [5.41, 5.74) is 4.59. The van der Waals surface area contributed by atoms with Crippen molar-refractivity contribution < 1.29 is 19.5 Å². The lowest BCUT2D eigenvalue weighted by Crippen LogP contribution is -2.40. The molecule has 1 atom stereocenters. The van der Waals surface area contributed by atoms with Crippen molar-refractivity contribution in [3.05, 3.63) is 77.4 Å². The molecule has 4 rings (SSSR count). The highest BCUT2D eigenvalue weighted by Gasteiger charge is 2.23. The molecule has 1 saturated carbocycles. The van der Waals surface area contributed by atoms with Crippen molar-refractivity contribution >= 4 is 18.2 Å². The maximum atomic E-state index is 12.7. The van der Waals surface area contributed by atoms with Crippen LogP contribution in [0.25, 0.3) is 5.69 Å². The molecule has 2 N–H and O–H groups in total. The van der Waals surface area contributed by atoms with Gasteiger partial charge >= 0.3 is 0 Å². The fourth-order valence-corrected chi connectivity index (χ4v) is 3.83. The van der Waals surface area contributed by atoms with Crippen molar-refractivity contribution in [1.29, 1.82) is 0 Å². The molecule has 33 heavy (non-hydrogen) atoms. The van der Waals surface area contributed by atoms with E-state index in [0.29, 0.717) is 25.0 Å². The molecule has 1 amide bonds. The normalized spacial score (nSPS) is 15.7. The Morgan fingerprint density at radius 1 is 1.24 bits per heavy atom. The molecular formula is C25H28N4O4. The molecule has 0 radical (unpaired) electrons. The predicted octanol–water partition coefficient (Wildman–Crippen LogP) is 3.50. The third-order valence-corrected chi connectivity index (χ3v) is 5.66. The van der Waals surface area contributed by atoms with E-state index >= 15 is 0 Å². The average molecular weight is 449 g/mol. The Morgan fingerprint density at radius 3 is 2.70 bits per heavy atom. The van der Waals surface area contributed by atoms with E-state index in [9.17, 15) is 9.59 Å². The molecule has 0 spiro atoms. The van der Waals surface area contributed by atoms with Gasteiger partial charge in [0.1, 0.15) is 5.69 Å². The van der Waals surface area contributed by atoms with Gasteiger partial charge in [0.2, 0.25) is 0 Å². The molecule has 172 valence electrons. The first-order valence-corrected chi connectivity index (χ1v) is 11.0. The van der Waals surface area contributed by atoms with Crippen LogP contribution in [0.5, 0.6) is 0 Å². The van der Waals surface area contributed by atoms with Crippen molar-refractivity contribution in [2.75, 3.05) is 0 Å². The zero-order valence-electron chi connectivity index (χ0n) is 18.6. The Morgan fingerprint density at radius 2 is 2.00 bits per heavy atom. The standard InChI is InChI=1S/C24H26N4O2.CH2O2/c1-17-16-25-22(24(30)27-21-6-3-2-4-7-23(21)29)15-19(17)14-18-8-10-20(11-9-18)28-13-5-12-26-28;2-1-3/h5,8-13,15-16,21H,2-4,6-7,14H2,1H3,(H,27,30);1H,(H,2,3)/t21-;/m1./s1. The third-order valence-electron chi connectivity index (χ3n) is 5.66. The van der Waals surface area contributed by atoms with Crippen LogP contribution in [0, 0.1) is 6.92 Å². The quantitative estimate of drug-likeness (QED) is 0.456. The van der Waals surface area contributed by atoms with Crippen LogP contribution in [0.4, 0.5) is 0 Å². The molecule has 1 aliphatic carbocycles. The largest absolute Gasteiger partial charge is 0.483 e. The predicted molar refractivity (Wildman–Crippen MR) is 123 cm³/mol. The molecule has 0 aliphatic heterocycles. The number of carboxylic acid groups (broad SMARTS) is 1. The first-order chi connectivity index (χ1) is 16.0. The van der Waals surface area contributed by atoms with E-state index in [1.165, 1.54) is 0 Å². The highest BCUT2D eigenvalue weighted by molar-refractivity contribution is 5.96. The summed E-state index contributed by atoms with van der Waals surface area (Å²) in [4.78, 5) is 37.6. The van der Waals surface area contributed by atoms with E-state index in [-0.39, 0.29) is 24.2 Å². The lowest BCUT2D eigenvalue weighted by Gasteiger charge is -2.15. The Hall–Kier alpha value is -3.81. The average Bonchev–Trinajstić information content (AvgIpc) is 3.28. The molecule has 3 aromatic rings. The van der Waals surface area contributed by atoms with Gasteiger partial charge in [0.15, 0.2) is 5.78 Å². The van der Waals surface area contributed by atoms with E-state index in [4.69, 9.17) is 9.90 Å². The van der Waals surface area contributed by atoms with E-state index in [2.05, 4.69) is 27.5 Å². The molecule has 2 aromatic heterocycles. The fraction of sp³-hybridized carbons (Fsp3) is 0.320. The van der Waals surface area contributed by atoms with Crippen LogP contribution in [-0.4, -0.2) is 44.1 Å². The minimum Gasteiger partial charge on any atom is -0.483 e. The first kappa shape index (κ1) is 23.8. The number of pyridine rings is 1. The number of amides is 1. The van der Waals surface area contributed by atoms with Crippen LogP contribution in [0.1, 0.15) is 59.3 Å². The second-order valence-corrected chi connectivity index (χ2v) is 7.99. The fourth-order valence-electron chi connectivity index (χ4n) is 3.83. The molecule has 1 aromatic carbocycles. The summed E-state index contributed by atoms with van der Waals surface area (Å²) in [6.07, 6.45) is 10.3. The van der Waals surface area contributed by atoms with Crippen LogP contribution in [-0.2, 0) is 16.0 Å². The van der Waals surface area contributed by atoms with Gasteiger partial charge < -0.3 is 10.4 Å². The van der Waals surface area contributed by atoms with Crippen LogP contribution in [0.2, 0.25) is 0 Å². The zero-order valence-corrected chi connectivity index (χ0v) is 18.6. The summed E-state index contributed by atoms with van der Waals surface area (Å²) in [6.45, 7) is 1.75. The summed E-state index contributed by atoms with van der Waals surface area (Å²) in [5, 5.41) is 14.0. The van der Waals surface area contributed by atoms with Gasteiger partial charge in [0.25, 0.3) is 12.4 Å². The lowest BCUT2D eigenvalue weighted by atomic mass is 10.0. The SMILES string of the molecule is Cc1cnc(C(=O)N[C@@H]2CCCCCC2=O)cc1Cc1ccc(-n2cccn2)cc1.O=CO. The van der Waals surface area contributed by atoms with Gasteiger partial charge in [-0.2, -0.15) is 5.10 Å². The minimum absolute atomic E-state index is 0.130. The highest BCUT2D eigenvalue weighted by atomic mass is 16.3. The molecule has 1 aliphatic rings. The summed E-state index contributed by atoms with van der Waals surface area (Å²) >= 11 is 0. The second kappa shape index (κ2) is 11.7. The highest BCUT2D eigenvalue weighted by Crippen LogP contribution is 2.18. The number of Topliss-reactive ketones (excluding diaryl/α,β-unsaturated/α-hetero) is 1. The van der Waals surface area contributed by atoms with Crippen molar-refractivity contribution in [2.45, 2.75) is 51.5 Å². The number of rotatable bonds is 5. The number of carbonyl (C=O) groups is 3. The molecule has 1 fully saturated rings. The number of benzene rings is 1. The van der Waals surface area contributed by atoms with Crippen LogP contribution in [0.3, 0.4) is 0 Å². The summed E-state index contributed by atoms with van der Waals surface area (Å²) < 4.78 is 1.82. The first-order valence-electron chi connectivity index (χ1n) is 11.0. The van der Waals surface area contributed by atoms with E-state index in [0.717, 1.165) is 41.6 Å². The van der Waals surface area contributed by atoms with Gasteiger partial charge in [-0.05, 0) is 67.1 Å². The molecule has 0 unspecified atom stereocenters. The molecule has 0 bridgehead atoms. The van der Waals surface area contributed by atoms with E-state index < -0.39 is 0 Å². The van der Waals surface area contributed by atoms with Crippen molar-refractivity contribution in [3.8, 4) is 5.69 Å². The summed E-state index contributed by atoms with van der Waals surface area (Å²) in [6, 6.07) is 11.5. The smallest absolute Gasteiger partial charge is 0.290 e. The van der Waals surface area contributed by atoms with Crippen LogP contribution < -0.4 is 5.32 Å². The Balaban J connectivity index is 0.000000968. The monoisotopic (exact) mass is 448 g/mol. The Labute approximate surface area is 192 Å². The minimum atomic E-state index is -0.388. The molecule has 2 heterocycles. The van der Waals surface area contributed by atoms with Gasteiger partial charge in [-0.1, -0.05) is 25.0 Å². The van der Waals surface area contributed by atoms with Gasteiger partial charge in [0.05, 0.1) is 11.7 Å². The van der Waals surface area contributed by atoms with Crippen LogP contribution in [0.15, 0.2) is 55.0 Å². The topological polar surface area (TPSA) is 114 Å². The Bertz CT molecular complexity index is 1080. The third kappa shape index (κ3) is 6.58. The molecule has 8 nitrogen and oxygen atoms in total. The van der Waals surface area contributed by atoms with Gasteiger partial charge in [-0.3, -0.25) is 19.4 Å². The Kier molecular flexibility index (Phi) is 8.46. The maximum absolute atomic E-state index is 12.7. The molecule has 0 saturated heterocycles. The van der Waals surface area contributed by atoms with Crippen molar-refractivity contribution in [1.82, 2.24) is 20.1 Å². The van der Waals surface area contributed by atoms with Crippen molar-refractivity contribution in [2.24, 2.45) is 0 Å². The zero-order chi connectivity index (χ0) is 23.6. The van der Waals surface area contributed by atoms with E-state index in [1.54, 1.807) is 12.4 Å². The number of nitrogens with zero attached hydrogens (tertiary/aromatic N) is 3. The number of hydrogen-bond donors (Lipinski definition) is 2. The van der Waals surface area contributed by atoms with Crippen molar-refractivity contribution in [3.63, 3.8) is 0 Å². The molecular weight excluding hydrogens is 420 g/mol. The van der Waals surface area contributed by atoms with Gasteiger partial charge in [0, 0.05) is 25.0 Å².